The topological polar surface area (TPSA) is 114 Å². The van der Waals surface area contributed by atoms with Crippen molar-refractivity contribution in [3.63, 3.8) is 0 Å². The fourth-order valence-electron chi connectivity index (χ4n) is 2.76. The maximum atomic E-state index is 12.4. The molecule has 0 spiro atoms. The highest BCUT2D eigenvalue weighted by Gasteiger charge is 2.20. The van der Waals surface area contributed by atoms with Gasteiger partial charge in [0, 0.05) is 12.6 Å². The molecule has 0 aliphatic carbocycles. The van der Waals surface area contributed by atoms with Crippen LogP contribution in [0, 0.1) is 0 Å². The average Bonchev–Trinajstić information content (AvgIpc) is 3.20. The number of H-pyrrole nitrogens is 2. The van der Waals surface area contributed by atoms with Gasteiger partial charge in [-0.15, -0.1) is 5.10 Å². The van der Waals surface area contributed by atoms with E-state index in [1.54, 1.807) is 4.57 Å². The highest BCUT2D eigenvalue weighted by Crippen LogP contribution is 2.23. The second-order valence-corrected chi connectivity index (χ2v) is 6.94. The van der Waals surface area contributed by atoms with Gasteiger partial charge in [-0.1, -0.05) is 25.1 Å². The van der Waals surface area contributed by atoms with Crippen molar-refractivity contribution in [2.24, 2.45) is 0 Å². The third-order valence-corrected chi connectivity index (χ3v) is 4.73. The van der Waals surface area contributed by atoms with E-state index < -0.39 is 11.2 Å². The van der Waals surface area contributed by atoms with Gasteiger partial charge in [0.15, 0.2) is 11.2 Å². The zero-order chi connectivity index (χ0) is 18.0. The third kappa shape index (κ3) is 3.39. The van der Waals surface area contributed by atoms with Gasteiger partial charge < -0.3 is 4.57 Å². The molecule has 0 saturated heterocycles. The van der Waals surface area contributed by atoms with Crippen LogP contribution in [0.15, 0.2) is 21.1 Å². The minimum atomic E-state index is -0.410. The van der Waals surface area contributed by atoms with Crippen LogP contribution < -0.4 is 11.2 Å². The van der Waals surface area contributed by atoms with E-state index in [4.69, 9.17) is 0 Å². The van der Waals surface area contributed by atoms with E-state index in [0.717, 1.165) is 18.7 Å². The van der Waals surface area contributed by atoms with Crippen molar-refractivity contribution in [2.45, 2.75) is 57.1 Å². The Morgan fingerprint density at radius 1 is 1.32 bits per heavy atom. The molecule has 3 rings (SSSR count). The Bertz CT molecular complexity index is 968. The quantitative estimate of drug-likeness (QED) is 0.617. The molecule has 0 atom stereocenters. The normalized spacial score (nSPS) is 11.7. The van der Waals surface area contributed by atoms with Crippen molar-refractivity contribution in [2.75, 3.05) is 0 Å². The molecule has 3 aromatic heterocycles. The molecule has 0 radical (unpaired) electrons. The highest BCUT2D eigenvalue weighted by molar-refractivity contribution is 7.98. The summed E-state index contributed by atoms with van der Waals surface area (Å²) in [7, 11) is 0. The zero-order valence-corrected chi connectivity index (χ0v) is 15.3. The van der Waals surface area contributed by atoms with Crippen molar-refractivity contribution in [1.82, 2.24) is 34.3 Å². The minimum Gasteiger partial charge on any atom is -0.319 e. The maximum absolute atomic E-state index is 12.4. The van der Waals surface area contributed by atoms with E-state index in [0.29, 0.717) is 28.6 Å². The van der Waals surface area contributed by atoms with E-state index in [1.165, 1.54) is 18.1 Å². The molecule has 3 aromatic rings. The Morgan fingerprint density at radius 2 is 2.12 bits per heavy atom. The maximum Gasteiger partial charge on any atom is 0.330 e. The molecule has 0 aliphatic heterocycles. The summed E-state index contributed by atoms with van der Waals surface area (Å²) < 4.78 is 3.44. The second kappa shape index (κ2) is 7.26. The monoisotopic (exact) mass is 363 g/mol. The summed E-state index contributed by atoms with van der Waals surface area (Å²) in [5.41, 5.74) is 0.0772. The number of imidazole rings is 1. The summed E-state index contributed by atoms with van der Waals surface area (Å²) in [5.74, 6) is 1.23. The van der Waals surface area contributed by atoms with Crippen LogP contribution in [0.1, 0.15) is 45.5 Å². The lowest BCUT2D eigenvalue weighted by Gasteiger charge is -2.12. The summed E-state index contributed by atoms with van der Waals surface area (Å²) in [6.07, 6.45) is 3.31. The lowest BCUT2D eigenvalue weighted by molar-refractivity contribution is 0.593. The lowest BCUT2D eigenvalue weighted by atomic mass is 10.3. The number of nitrogens with one attached hydrogen (secondary N) is 2. The van der Waals surface area contributed by atoms with Crippen LogP contribution in [0.25, 0.3) is 11.2 Å². The molecular formula is C15H21N7O2S. The fraction of sp³-hybridized carbons (Fsp3) is 0.533. The van der Waals surface area contributed by atoms with Gasteiger partial charge in [0.05, 0.1) is 5.75 Å². The van der Waals surface area contributed by atoms with Crippen molar-refractivity contribution < 1.29 is 0 Å². The van der Waals surface area contributed by atoms with Gasteiger partial charge in [-0.05, 0) is 20.3 Å². The van der Waals surface area contributed by atoms with Crippen LogP contribution in [0.4, 0.5) is 0 Å². The number of aromatic nitrogens is 7. The molecule has 0 aromatic carbocycles. The number of nitrogens with zero attached hydrogens (tertiary/aromatic N) is 5. The number of thioether (sulfide) groups is 1. The van der Waals surface area contributed by atoms with Crippen LogP contribution in [-0.2, 0) is 12.3 Å². The first-order valence-corrected chi connectivity index (χ1v) is 9.24. The molecule has 9 nitrogen and oxygen atoms in total. The average molecular weight is 363 g/mol. The largest absolute Gasteiger partial charge is 0.330 e. The van der Waals surface area contributed by atoms with Crippen LogP contribution in [0.2, 0.25) is 0 Å². The van der Waals surface area contributed by atoms with E-state index in [2.05, 4.69) is 32.1 Å². The second-order valence-electron chi connectivity index (χ2n) is 6.00. The summed E-state index contributed by atoms with van der Waals surface area (Å²) in [6, 6.07) is 0.0333. The zero-order valence-electron chi connectivity index (χ0n) is 14.4. The Labute approximate surface area is 147 Å². The van der Waals surface area contributed by atoms with Crippen molar-refractivity contribution in [3.05, 3.63) is 33.0 Å². The smallest absolute Gasteiger partial charge is 0.319 e. The fourth-order valence-corrected chi connectivity index (χ4v) is 3.47. The highest BCUT2D eigenvalue weighted by atomic mass is 32.2. The third-order valence-electron chi connectivity index (χ3n) is 3.88. The minimum absolute atomic E-state index is 0.0333. The van der Waals surface area contributed by atoms with E-state index in [1.807, 2.05) is 18.4 Å². The summed E-state index contributed by atoms with van der Waals surface area (Å²) in [6.45, 7) is 6.57. The molecule has 0 aliphatic rings. The number of unbranched alkanes of at least 4 members (excludes halogenated alkanes) is 1. The SMILES string of the molecule is CCCCn1c(=O)[nH]c(=O)c2c1nc(CSc1nc[nH]n1)n2C(C)C. The van der Waals surface area contributed by atoms with Crippen molar-refractivity contribution in [1.29, 1.82) is 0 Å². The Kier molecular flexibility index (Phi) is 5.07. The Balaban J connectivity index is 2.13. The van der Waals surface area contributed by atoms with Crippen molar-refractivity contribution >= 4 is 22.9 Å². The molecular weight excluding hydrogens is 342 g/mol. The molecule has 0 unspecified atom stereocenters. The number of hydrogen-bond donors (Lipinski definition) is 2. The Hall–Kier alpha value is -2.36. The molecule has 0 amide bonds. The van der Waals surface area contributed by atoms with Crippen LogP contribution in [0.5, 0.6) is 0 Å². The number of aryl methyl sites for hydroxylation is 1. The first kappa shape index (κ1) is 17.5. The van der Waals surface area contributed by atoms with Crippen molar-refractivity contribution in [3.8, 4) is 0 Å². The molecule has 25 heavy (non-hydrogen) atoms. The summed E-state index contributed by atoms with van der Waals surface area (Å²) in [5, 5.41) is 7.30. The van der Waals surface area contributed by atoms with Gasteiger partial charge in [-0.25, -0.2) is 14.8 Å². The summed E-state index contributed by atoms with van der Waals surface area (Å²) >= 11 is 1.42. The van der Waals surface area contributed by atoms with Gasteiger partial charge >= 0.3 is 5.69 Å². The number of rotatable bonds is 7. The number of aromatic amines is 2. The van der Waals surface area contributed by atoms with Crippen LogP contribution >= 0.6 is 11.8 Å². The first-order chi connectivity index (χ1) is 12.0. The molecule has 10 heteroatoms. The van der Waals surface area contributed by atoms with E-state index >= 15 is 0 Å². The molecule has 0 fully saturated rings. The van der Waals surface area contributed by atoms with E-state index in [-0.39, 0.29) is 6.04 Å². The van der Waals surface area contributed by atoms with Gasteiger partial charge in [-0.3, -0.25) is 19.4 Å². The lowest BCUT2D eigenvalue weighted by Crippen LogP contribution is -2.31. The molecule has 134 valence electrons. The van der Waals surface area contributed by atoms with Crippen LogP contribution in [0.3, 0.4) is 0 Å². The van der Waals surface area contributed by atoms with Crippen LogP contribution in [-0.4, -0.2) is 34.3 Å². The van der Waals surface area contributed by atoms with E-state index in [9.17, 15) is 9.59 Å². The summed E-state index contributed by atoms with van der Waals surface area (Å²) in [4.78, 5) is 35.8. The van der Waals surface area contributed by atoms with Gasteiger partial charge in [0.2, 0.25) is 5.16 Å². The predicted octanol–water partition coefficient (Wildman–Crippen LogP) is 1.68. The first-order valence-electron chi connectivity index (χ1n) is 8.25. The predicted molar refractivity (Wildman–Crippen MR) is 95.9 cm³/mol. The standard InChI is InChI=1S/C15H21N7O2S/c1-4-5-6-21-12-11(13(23)19-15(21)24)22(9(2)3)10(18-12)7-25-14-16-8-17-20-14/h8-9H,4-7H2,1-3H3,(H,16,17,20)(H,19,23,24). The van der Waals surface area contributed by atoms with Gasteiger partial charge in [0.1, 0.15) is 12.2 Å². The van der Waals surface area contributed by atoms with Gasteiger partial charge in [-0.2, -0.15) is 0 Å². The molecule has 2 N–H and O–H groups in total. The Morgan fingerprint density at radius 3 is 2.76 bits per heavy atom. The molecule has 0 bridgehead atoms. The molecule has 3 heterocycles. The van der Waals surface area contributed by atoms with Gasteiger partial charge in [0.25, 0.3) is 5.56 Å². The molecule has 0 saturated carbocycles. The number of hydrogen-bond acceptors (Lipinski definition) is 6. The number of fused-ring (bicyclic) bond motifs is 1.